The molecule has 0 spiro atoms. The van der Waals surface area contributed by atoms with E-state index in [-0.39, 0.29) is 5.41 Å². The van der Waals surface area contributed by atoms with Gasteiger partial charge in [0.2, 0.25) is 0 Å². The highest BCUT2D eigenvalue weighted by Gasteiger charge is 2.35. The molecule has 1 heteroatoms. The first kappa shape index (κ1) is 23.4. The van der Waals surface area contributed by atoms with Crippen LogP contribution < -0.4 is 0 Å². The second kappa shape index (κ2) is 11.9. The summed E-state index contributed by atoms with van der Waals surface area (Å²) in [7, 11) is 0. The monoisotopic (exact) mass is 407 g/mol. The minimum absolute atomic E-state index is 0.0280. The first-order valence-corrected chi connectivity index (χ1v) is 13.2. The number of nitrogens with zero attached hydrogens (tertiary/aromatic N) is 1. The molecule has 1 aromatic carbocycles. The Kier molecular flexibility index (Phi) is 9.29. The Balaban J connectivity index is 1.47. The van der Waals surface area contributed by atoms with Gasteiger partial charge in [0.1, 0.15) is 0 Å². The van der Waals surface area contributed by atoms with E-state index < -0.39 is 0 Å². The summed E-state index contributed by atoms with van der Waals surface area (Å²) in [5.74, 6) is 2.44. The number of nitriles is 1. The molecule has 2 aliphatic carbocycles. The fourth-order valence-corrected chi connectivity index (χ4v) is 6.22. The van der Waals surface area contributed by atoms with Crippen LogP contribution in [0, 0.1) is 22.7 Å². The van der Waals surface area contributed by atoms with Crippen LogP contribution in [0.2, 0.25) is 0 Å². The van der Waals surface area contributed by atoms with E-state index in [1.165, 1.54) is 89.0 Å². The molecule has 30 heavy (non-hydrogen) atoms. The third kappa shape index (κ3) is 6.35. The van der Waals surface area contributed by atoms with Crippen molar-refractivity contribution in [3.05, 3.63) is 35.4 Å². The number of unbranched alkanes of at least 4 members (excludes halogenated alkanes) is 4. The molecule has 1 nitrogen and oxygen atoms in total. The average Bonchev–Trinajstić information content (AvgIpc) is 2.80. The van der Waals surface area contributed by atoms with Crippen molar-refractivity contribution in [2.45, 2.75) is 128 Å². The van der Waals surface area contributed by atoms with Crippen LogP contribution in [0.15, 0.2) is 24.3 Å². The van der Waals surface area contributed by atoms with Crippen LogP contribution in [-0.2, 0) is 0 Å². The highest BCUT2D eigenvalue weighted by Crippen LogP contribution is 2.46. The van der Waals surface area contributed by atoms with E-state index >= 15 is 0 Å². The standard InChI is InChI=1S/C29H45N/c1-3-5-6-7-8-20-29(23-30)21-18-28(19-22-29)27-16-14-26(15-17-27)25-12-10-24(9-4-2)11-13-25/h14-17,24-25,28H,3-13,18-22H2,1-2H3. The second-order valence-electron chi connectivity index (χ2n) is 10.5. The van der Waals surface area contributed by atoms with Crippen molar-refractivity contribution in [1.82, 2.24) is 0 Å². The van der Waals surface area contributed by atoms with Gasteiger partial charge in [-0.3, -0.25) is 0 Å². The molecule has 1 aromatic rings. The molecule has 0 heterocycles. The van der Waals surface area contributed by atoms with Crippen LogP contribution in [0.1, 0.15) is 140 Å². The lowest BCUT2D eigenvalue weighted by molar-refractivity contribution is 0.223. The molecule has 2 fully saturated rings. The van der Waals surface area contributed by atoms with Gasteiger partial charge in [0.05, 0.1) is 11.5 Å². The van der Waals surface area contributed by atoms with E-state index in [0.717, 1.165) is 31.1 Å². The lowest BCUT2D eigenvalue weighted by Crippen LogP contribution is -2.25. The van der Waals surface area contributed by atoms with E-state index in [2.05, 4.69) is 44.2 Å². The summed E-state index contributed by atoms with van der Waals surface area (Å²) in [6.45, 7) is 4.59. The Morgan fingerprint density at radius 3 is 1.87 bits per heavy atom. The SMILES string of the molecule is CCCCCCCC1(C#N)CCC(c2ccc(C3CCC(CCC)CC3)cc2)CC1. The fourth-order valence-electron chi connectivity index (χ4n) is 6.22. The van der Waals surface area contributed by atoms with Crippen LogP contribution in [0.4, 0.5) is 0 Å². The Morgan fingerprint density at radius 2 is 1.33 bits per heavy atom. The Morgan fingerprint density at radius 1 is 0.767 bits per heavy atom. The average molecular weight is 408 g/mol. The first-order chi connectivity index (χ1) is 14.7. The summed E-state index contributed by atoms with van der Waals surface area (Å²) in [4.78, 5) is 0. The predicted octanol–water partition coefficient (Wildman–Crippen LogP) is 9.29. The van der Waals surface area contributed by atoms with E-state index in [4.69, 9.17) is 0 Å². The number of hydrogen-bond acceptors (Lipinski definition) is 1. The van der Waals surface area contributed by atoms with Crippen LogP contribution in [0.3, 0.4) is 0 Å². The summed E-state index contributed by atoms with van der Waals surface area (Å²) in [5.41, 5.74) is 3.07. The maximum absolute atomic E-state index is 9.88. The van der Waals surface area contributed by atoms with Gasteiger partial charge in [0.25, 0.3) is 0 Å². The van der Waals surface area contributed by atoms with Gasteiger partial charge in [0.15, 0.2) is 0 Å². The third-order valence-electron chi connectivity index (χ3n) is 8.36. The zero-order valence-electron chi connectivity index (χ0n) is 19.8. The van der Waals surface area contributed by atoms with Crippen LogP contribution in [0.25, 0.3) is 0 Å². The lowest BCUT2D eigenvalue weighted by Gasteiger charge is -2.35. The van der Waals surface area contributed by atoms with Crippen molar-refractivity contribution < 1.29 is 0 Å². The molecule has 0 saturated heterocycles. The van der Waals surface area contributed by atoms with Gasteiger partial charge in [0, 0.05) is 0 Å². The summed E-state index contributed by atoms with van der Waals surface area (Å²) in [5, 5.41) is 9.88. The van der Waals surface area contributed by atoms with Gasteiger partial charge in [-0.25, -0.2) is 0 Å². The molecule has 0 amide bonds. The van der Waals surface area contributed by atoms with Gasteiger partial charge < -0.3 is 0 Å². The molecule has 0 aromatic heterocycles. The molecule has 0 aliphatic heterocycles. The lowest BCUT2D eigenvalue weighted by atomic mass is 9.67. The largest absolute Gasteiger partial charge is 0.198 e. The molecule has 0 radical (unpaired) electrons. The van der Waals surface area contributed by atoms with Gasteiger partial charge in [-0.05, 0) is 86.7 Å². The summed E-state index contributed by atoms with van der Waals surface area (Å²) < 4.78 is 0. The summed E-state index contributed by atoms with van der Waals surface area (Å²) in [6.07, 6.45) is 20.7. The summed E-state index contributed by atoms with van der Waals surface area (Å²) in [6, 6.07) is 12.4. The quantitative estimate of drug-likeness (QED) is 0.354. The molecule has 0 unspecified atom stereocenters. The third-order valence-corrected chi connectivity index (χ3v) is 8.36. The van der Waals surface area contributed by atoms with Crippen LogP contribution in [0.5, 0.6) is 0 Å². The van der Waals surface area contributed by atoms with Crippen LogP contribution in [-0.4, -0.2) is 0 Å². The second-order valence-corrected chi connectivity index (χ2v) is 10.5. The van der Waals surface area contributed by atoms with Gasteiger partial charge >= 0.3 is 0 Å². The normalized spacial score (nSPS) is 29.4. The zero-order valence-corrected chi connectivity index (χ0v) is 19.8. The van der Waals surface area contributed by atoms with Gasteiger partial charge in [-0.2, -0.15) is 5.26 Å². The van der Waals surface area contributed by atoms with Crippen molar-refractivity contribution in [2.75, 3.05) is 0 Å². The maximum Gasteiger partial charge on any atom is 0.0689 e. The molecule has 2 saturated carbocycles. The smallest absolute Gasteiger partial charge is 0.0689 e. The Bertz CT molecular complexity index is 636. The first-order valence-electron chi connectivity index (χ1n) is 13.2. The van der Waals surface area contributed by atoms with E-state index in [1.807, 2.05) is 0 Å². The van der Waals surface area contributed by atoms with Crippen molar-refractivity contribution in [2.24, 2.45) is 11.3 Å². The molecule has 0 N–H and O–H groups in total. The molecule has 0 atom stereocenters. The topological polar surface area (TPSA) is 23.8 Å². The predicted molar refractivity (Wildman–Crippen MR) is 129 cm³/mol. The van der Waals surface area contributed by atoms with Crippen molar-refractivity contribution >= 4 is 0 Å². The fraction of sp³-hybridized carbons (Fsp3) is 0.759. The zero-order chi connectivity index (χ0) is 21.2. The highest BCUT2D eigenvalue weighted by atomic mass is 14.4. The molecule has 2 aliphatic rings. The van der Waals surface area contributed by atoms with Crippen LogP contribution >= 0.6 is 0 Å². The molecular formula is C29H45N. The number of rotatable bonds is 10. The Labute approximate surface area is 186 Å². The van der Waals surface area contributed by atoms with Gasteiger partial charge in [-0.15, -0.1) is 0 Å². The maximum atomic E-state index is 9.88. The van der Waals surface area contributed by atoms with E-state index in [1.54, 1.807) is 5.56 Å². The molecular weight excluding hydrogens is 362 g/mol. The minimum Gasteiger partial charge on any atom is -0.198 e. The van der Waals surface area contributed by atoms with Crippen molar-refractivity contribution in [3.63, 3.8) is 0 Å². The highest BCUT2D eigenvalue weighted by molar-refractivity contribution is 5.29. The van der Waals surface area contributed by atoms with Crippen molar-refractivity contribution in [1.29, 1.82) is 5.26 Å². The van der Waals surface area contributed by atoms with Crippen molar-refractivity contribution in [3.8, 4) is 6.07 Å². The molecule has 166 valence electrons. The minimum atomic E-state index is -0.0280. The number of benzene rings is 1. The Hall–Kier alpha value is -1.29. The molecule has 3 rings (SSSR count). The summed E-state index contributed by atoms with van der Waals surface area (Å²) >= 11 is 0. The molecule has 0 bridgehead atoms. The number of hydrogen-bond donors (Lipinski definition) is 0. The van der Waals surface area contributed by atoms with E-state index in [0.29, 0.717) is 5.92 Å². The van der Waals surface area contributed by atoms with E-state index in [9.17, 15) is 5.26 Å². The van der Waals surface area contributed by atoms with Gasteiger partial charge in [-0.1, -0.05) is 83.1 Å².